The van der Waals surface area contributed by atoms with Crippen molar-refractivity contribution in [1.29, 1.82) is 0 Å². The number of nitrogens with zero attached hydrogens (tertiary/aromatic N) is 3. The second kappa shape index (κ2) is 3.58. The smallest absolute Gasteiger partial charge is 0.270 e. The summed E-state index contributed by atoms with van der Waals surface area (Å²) >= 11 is 0. The summed E-state index contributed by atoms with van der Waals surface area (Å²) in [7, 11) is 1.91. The highest BCUT2D eigenvalue weighted by Gasteiger charge is 2.21. The van der Waals surface area contributed by atoms with E-state index in [4.69, 9.17) is 5.84 Å². The Morgan fingerprint density at radius 1 is 1.33 bits per heavy atom. The fraction of sp³-hybridized carbons (Fsp3) is 0.167. The molecule has 0 saturated carbocycles. The molecule has 2 aromatic heterocycles. The molecule has 3 rings (SSSR count). The van der Waals surface area contributed by atoms with Crippen LogP contribution in [0.2, 0.25) is 0 Å². The first kappa shape index (κ1) is 10.8. The lowest BCUT2D eigenvalue weighted by Crippen LogP contribution is -2.30. The standard InChI is InChI=1S/C12H13N5O/c1-7-10(11(18)14-13)12-16(2)8-5-3-4-6-9(8)17(12)15-7/h3-6H,13H2,1-2H3,(H,14,18). The first-order valence-corrected chi connectivity index (χ1v) is 5.59. The second-order valence-corrected chi connectivity index (χ2v) is 4.22. The lowest BCUT2D eigenvalue weighted by atomic mass is 10.2. The van der Waals surface area contributed by atoms with E-state index in [9.17, 15) is 4.79 Å². The number of para-hydroxylation sites is 2. The first-order valence-electron chi connectivity index (χ1n) is 5.59. The van der Waals surface area contributed by atoms with Crippen LogP contribution in [0.25, 0.3) is 16.7 Å². The van der Waals surface area contributed by atoms with Crippen LogP contribution in [0.5, 0.6) is 0 Å². The van der Waals surface area contributed by atoms with E-state index in [2.05, 4.69) is 10.5 Å². The predicted octanol–water partition coefficient (Wildman–Crippen LogP) is 0.738. The summed E-state index contributed by atoms with van der Waals surface area (Å²) in [4.78, 5) is 11.8. The van der Waals surface area contributed by atoms with Gasteiger partial charge in [-0.2, -0.15) is 5.10 Å². The van der Waals surface area contributed by atoms with Crippen LogP contribution in [0.4, 0.5) is 0 Å². The van der Waals surface area contributed by atoms with E-state index in [0.29, 0.717) is 11.3 Å². The van der Waals surface area contributed by atoms with Crippen molar-refractivity contribution in [3.8, 4) is 0 Å². The monoisotopic (exact) mass is 243 g/mol. The minimum absolute atomic E-state index is 0.326. The van der Waals surface area contributed by atoms with Gasteiger partial charge in [-0.1, -0.05) is 12.1 Å². The Hall–Kier alpha value is -2.34. The van der Waals surface area contributed by atoms with Crippen LogP contribution in [-0.2, 0) is 7.05 Å². The first-order chi connectivity index (χ1) is 8.65. The number of carbonyl (C=O) groups excluding carboxylic acids is 1. The van der Waals surface area contributed by atoms with Crippen molar-refractivity contribution < 1.29 is 4.79 Å². The van der Waals surface area contributed by atoms with Gasteiger partial charge in [0.25, 0.3) is 5.91 Å². The second-order valence-electron chi connectivity index (χ2n) is 4.22. The van der Waals surface area contributed by atoms with Gasteiger partial charge in [0.05, 0.1) is 16.7 Å². The molecule has 0 bridgehead atoms. The maximum Gasteiger partial charge on any atom is 0.270 e. The molecule has 3 aromatic rings. The Labute approximate surface area is 103 Å². The average molecular weight is 243 g/mol. The van der Waals surface area contributed by atoms with E-state index in [1.165, 1.54) is 0 Å². The zero-order valence-electron chi connectivity index (χ0n) is 10.1. The van der Waals surface area contributed by atoms with Crippen molar-refractivity contribution in [3.63, 3.8) is 0 Å². The van der Waals surface area contributed by atoms with E-state index in [1.54, 1.807) is 11.4 Å². The van der Waals surface area contributed by atoms with Gasteiger partial charge in [0.2, 0.25) is 0 Å². The van der Waals surface area contributed by atoms with Crippen LogP contribution < -0.4 is 11.3 Å². The number of nitrogens with one attached hydrogen (secondary N) is 1. The third-order valence-corrected chi connectivity index (χ3v) is 3.18. The zero-order chi connectivity index (χ0) is 12.9. The van der Waals surface area contributed by atoms with E-state index in [0.717, 1.165) is 16.7 Å². The van der Waals surface area contributed by atoms with Gasteiger partial charge < -0.3 is 4.57 Å². The maximum atomic E-state index is 11.8. The summed E-state index contributed by atoms with van der Waals surface area (Å²) < 4.78 is 3.72. The summed E-state index contributed by atoms with van der Waals surface area (Å²) in [5.41, 5.74) is 6.07. The van der Waals surface area contributed by atoms with Crippen LogP contribution in [-0.4, -0.2) is 20.1 Å². The number of aryl methyl sites for hydroxylation is 2. The summed E-state index contributed by atoms with van der Waals surface area (Å²) in [5.74, 6) is 4.90. The molecular weight excluding hydrogens is 230 g/mol. The largest absolute Gasteiger partial charge is 0.327 e. The molecule has 0 atom stereocenters. The minimum Gasteiger partial charge on any atom is -0.327 e. The van der Waals surface area contributed by atoms with Gasteiger partial charge in [-0.05, 0) is 19.1 Å². The zero-order valence-corrected chi connectivity index (χ0v) is 10.1. The third kappa shape index (κ3) is 1.20. The van der Waals surface area contributed by atoms with Crippen LogP contribution in [0.1, 0.15) is 16.1 Å². The van der Waals surface area contributed by atoms with Gasteiger partial charge in [0.15, 0.2) is 0 Å². The topological polar surface area (TPSA) is 77.3 Å². The van der Waals surface area contributed by atoms with Crippen molar-refractivity contribution in [2.24, 2.45) is 12.9 Å². The van der Waals surface area contributed by atoms with Crippen molar-refractivity contribution in [3.05, 3.63) is 35.5 Å². The maximum absolute atomic E-state index is 11.8. The molecule has 0 radical (unpaired) electrons. The molecule has 2 heterocycles. The summed E-state index contributed by atoms with van der Waals surface area (Å²) in [6.07, 6.45) is 0. The van der Waals surface area contributed by atoms with E-state index >= 15 is 0 Å². The summed E-state index contributed by atoms with van der Waals surface area (Å²) in [6.45, 7) is 1.80. The number of benzene rings is 1. The summed E-state index contributed by atoms with van der Waals surface area (Å²) in [5, 5.41) is 4.41. The molecule has 92 valence electrons. The lowest BCUT2D eigenvalue weighted by molar-refractivity contribution is 0.0954. The van der Waals surface area contributed by atoms with Crippen LogP contribution in [0.15, 0.2) is 24.3 Å². The fourth-order valence-electron chi connectivity index (χ4n) is 2.37. The van der Waals surface area contributed by atoms with E-state index in [-0.39, 0.29) is 5.91 Å². The highest BCUT2D eigenvalue weighted by atomic mass is 16.2. The van der Waals surface area contributed by atoms with Crippen LogP contribution in [0, 0.1) is 6.92 Å². The highest BCUT2D eigenvalue weighted by molar-refractivity contribution is 6.02. The number of carbonyl (C=O) groups is 1. The van der Waals surface area contributed by atoms with E-state index < -0.39 is 0 Å². The van der Waals surface area contributed by atoms with Gasteiger partial charge >= 0.3 is 0 Å². The molecule has 0 fully saturated rings. The highest BCUT2D eigenvalue weighted by Crippen LogP contribution is 2.23. The normalized spacial score (nSPS) is 11.3. The molecular formula is C12H13N5O. The fourth-order valence-corrected chi connectivity index (χ4v) is 2.37. The van der Waals surface area contributed by atoms with Gasteiger partial charge in [0, 0.05) is 7.05 Å². The van der Waals surface area contributed by atoms with Gasteiger partial charge in [-0.3, -0.25) is 10.2 Å². The number of amides is 1. The van der Waals surface area contributed by atoms with Crippen LogP contribution >= 0.6 is 0 Å². The molecule has 6 heteroatoms. The Morgan fingerprint density at radius 2 is 2.00 bits per heavy atom. The predicted molar refractivity (Wildman–Crippen MR) is 68.1 cm³/mol. The third-order valence-electron chi connectivity index (χ3n) is 3.18. The number of nitrogen functional groups attached to an aromatic ring is 1. The Kier molecular flexibility index (Phi) is 2.14. The number of fused-ring (bicyclic) bond motifs is 3. The number of hydrogen-bond donors (Lipinski definition) is 2. The molecule has 0 saturated heterocycles. The molecule has 6 nitrogen and oxygen atoms in total. The molecule has 1 aromatic carbocycles. The van der Waals surface area contributed by atoms with Gasteiger partial charge in [-0.15, -0.1) is 0 Å². The van der Waals surface area contributed by atoms with Crippen molar-refractivity contribution in [2.45, 2.75) is 6.92 Å². The molecule has 18 heavy (non-hydrogen) atoms. The number of aromatic nitrogens is 3. The lowest BCUT2D eigenvalue weighted by Gasteiger charge is -2.00. The number of hydrogen-bond acceptors (Lipinski definition) is 3. The molecule has 3 N–H and O–H groups in total. The van der Waals surface area contributed by atoms with Crippen molar-refractivity contribution in [2.75, 3.05) is 0 Å². The SMILES string of the molecule is Cc1nn2c3ccccc3n(C)c2c1C(=O)NN. The Morgan fingerprint density at radius 3 is 2.67 bits per heavy atom. The number of nitrogens with two attached hydrogens (primary N) is 1. The quantitative estimate of drug-likeness (QED) is 0.376. The Bertz CT molecular complexity index is 768. The van der Waals surface area contributed by atoms with Crippen LogP contribution in [0.3, 0.4) is 0 Å². The van der Waals surface area contributed by atoms with E-state index in [1.807, 2.05) is 35.9 Å². The molecule has 0 unspecified atom stereocenters. The van der Waals surface area contributed by atoms with Gasteiger partial charge in [-0.25, -0.2) is 10.4 Å². The van der Waals surface area contributed by atoms with Crippen molar-refractivity contribution in [1.82, 2.24) is 19.6 Å². The Balaban J connectivity index is 2.51. The number of rotatable bonds is 1. The molecule has 0 spiro atoms. The summed E-state index contributed by atoms with van der Waals surface area (Å²) in [6, 6.07) is 7.86. The van der Waals surface area contributed by atoms with Gasteiger partial charge in [0.1, 0.15) is 11.2 Å². The number of imidazole rings is 1. The molecule has 0 aliphatic heterocycles. The molecule has 0 aliphatic carbocycles. The molecule has 1 amide bonds. The molecule has 0 aliphatic rings. The minimum atomic E-state index is -0.326. The average Bonchev–Trinajstić information content (AvgIpc) is 2.86. The van der Waals surface area contributed by atoms with Crippen molar-refractivity contribution >= 4 is 22.6 Å². The number of hydrazine groups is 1.